The Labute approximate surface area is 396 Å². The highest BCUT2D eigenvalue weighted by Crippen LogP contribution is 2.65. The minimum Gasteiger partial charge on any atom is -0.455 e. The van der Waals surface area contributed by atoms with Gasteiger partial charge in [-0.05, 0) is 63.5 Å². The van der Waals surface area contributed by atoms with E-state index in [0.29, 0.717) is 24.2 Å². The Hall–Kier alpha value is -5.40. The van der Waals surface area contributed by atoms with Crippen LogP contribution in [-0.2, 0) is 52.3 Å². The second-order valence-electron chi connectivity index (χ2n) is 20.1. The number of rotatable bonds is 11. The number of ether oxygens (including phenoxy) is 8. The van der Waals surface area contributed by atoms with Gasteiger partial charge >= 0.3 is 30.1 Å². The normalized spacial score (nSPS) is 31.8. The molecule has 2 aromatic rings. The fourth-order valence-corrected chi connectivity index (χ4v) is 11.2. The van der Waals surface area contributed by atoms with Crippen molar-refractivity contribution >= 4 is 35.9 Å². The molecule has 2 aliphatic heterocycles. The summed E-state index contributed by atoms with van der Waals surface area (Å²) in [4.78, 5) is 87.6. The summed E-state index contributed by atoms with van der Waals surface area (Å²) in [5.74, 6) is -4.55. The summed E-state index contributed by atoms with van der Waals surface area (Å²) in [5, 5.41) is 19.9. The Morgan fingerprint density at radius 1 is 0.926 bits per heavy atom. The number of piperazine rings is 1. The highest BCUT2D eigenvalue weighted by Gasteiger charge is 2.78. The summed E-state index contributed by atoms with van der Waals surface area (Å²) in [7, 11) is 2.79. The van der Waals surface area contributed by atoms with E-state index in [1.54, 1.807) is 109 Å². The number of amides is 2. The van der Waals surface area contributed by atoms with Gasteiger partial charge in [0.05, 0.1) is 29.6 Å². The van der Waals surface area contributed by atoms with Gasteiger partial charge in [0, 0.05) is 65.6 Å². The van der Waals surface area contributed by atoms with Crippen LogP contribution in [0.15, 0.2) is 71.8 Å². The fraction of sp³-hybridized carbons (Fsp3) is 0.600. The maximum absolute atomic E-state index is 15.8. The van der Waals surface area contributed by atoms with E-state index in [1.807, 2.05) is 0 Å². The van der Waals surface area contributed by atoms with Crippen LogP contribution in [-0.4, -0.2) is 146 Å². The van der Waals surface area contributed by atoms with E-state index in [1.165, 1.54) is 26.0 Å². The first kappa shape index (κ1) is 50.5. The van der Waals surface area contributed by atoms with Crippen LogP contribution < -0.4 is 10.6 Å². The average Bonchev–Trinajstić information content (AvgIpc) is 3.29. The molecule has 2 heterocycles. The third-order valence-corrected chi connectivity index (χ3v) is 14.6. The molecule has 2 aromatic carbocycles. The number of ketones is 1. The van der Waals surface area contributed by atoms with E-state index in [9.17, 15) is 24.3 Å². The lowest BCUT2D eigenvalue weighted by Crippen LogP contribution is -2.82. The van der Waals surface area contributed by atoms with Gasteiger partial charge in [-0.3, -0.25) is 9.59 Å². The number of aliphatic hydroxyl groups is 1. The number of benzene rings is 2. The zero-order chi connectivity index (χ0) is 49.6. The Kier molecular flexibility index (Phi) is 14.2. The number of Topliss-reactive ketones (excluding diaryl/α,β-unsaturated/α-hetero) is 1. The van der Waals surface area contributed by atoms with Crippen molar-refractivity contribution in [2.75, 3.05) is 47.0 Å². The molecule has 11 atom stereocenters. The summed E-state index contributed by atoms with van der Waals surface area (Å²) in [6, 6.07) is 15.1. The SMILES string of the molecule is CO[C@H]1C(=O)[C@]2(C)[C@@H](OC)C[C@H]3OC[C@@]3(OC(C)=O)[C@H]2[C@H](OC(=O)c2ccccc2)[C@]2(O)C[C@H](OC(=O)[C@H](OC(=O)N3CCNCC3)[C@@H](NC(=O)OC(C)(C)C)c3ccccc3)C(C)=C1C2(C)C. The first-order chi connectivity index (χ1) is 32.0. The molecule has 0 aromatic heterocycles. The van der Waals surface area contributed by atoms with E-state index in [4.69, 9.17) is 37.9 Å². The van der Waals surface area contributed by atoms with Crippen LogP contribution in [0.2, 0.25) is 0 Å². The molecule has 68 heavy (non-hydrogen) atoms. The van der Waals surface area contributed by atoms with Gasteiger partial charge in [-0.15, -0.1) is 0 Å². The van der Waals surface area contributed by atoms with Crippen LogP contribution in [0.1, 0.15) is 90.2 Å². The van der Waals surface area contributed by atoms with Crippen LogP contribution in [0.3, 0.4) is 0 Å². The summed E-state index contributed by atoms with van der Waals surface area (Å²) in [5.41, 5.74) is -6.99. The number of methoxy groups -OCH3 is 2. The van der Waals surface area contributed by atoms with Crippen molar-refractivity contribution in [3.63, 3.8) is 0 Å². The molecule has 2 amide bonds. The van der Waals surface area contributed by atoms with Gasteiger partial charge < -0.3 is 58.5 Å². The van der Waals surface area contributed by atoms with Gasteiger partial charge in [0.15, 0.2) is 11.4 Å². The van der Waals surface area contributed by atoms with Gasteiger partial charge in [0.1, 0.15) is 41.7 Å². The van der Waals surface area contributed by atoms with Crippen LogP contribution in [0.25, 0.3) is 0 Å². The number of carbonyl (C=O) groups is 6. The van der Waals surface area contributed by atoms with Crippen molar-refractivity contribution in [2.24, 2.45) is 16.7 Å². The molecule has 3 N–H and O–H groups in total. The van der Waals surface area contributed by atoms with Crippen LogP contribution >= 0.6 is 0 Å². The summed E-state index contributed by atoms with van der Waals surface area (Å²) in [6.45, 7) is 14.2. The number of nitrogens with one attached hydrogen (secondary N) is 2. The van der Waals surface area contributed by atoms with E-state index >= 15 is 9.59 Å². The van der Waals surface area contributed by atoms with Crippen molar-refractivity contribution < 1.29 is 71.8 Å². The summed E-state index contributed by atoms with van der Waals surface area (Å²) < 4.78 is 49.3. The molecule has 3 aliphatic carbocycles. The molecule has 0 unspecified atom stereocenters. The Bertz CT molecular complexity index is 2280. The first-order valence-electron chi connectivity index (χ1n) is 23.1. The third-order valence-electron chi connectivity index (χ3n) is 14.6. The second kappa shape index (κ2) is 19.2. The lowest BCUT2D eigenvalue weighted by atomic mass is 9.44. The Balaban J connectivity index is 1.40. The van der Waals surface area contributed by atoms with Crippen molar-refractivity contribution in [3.8, 4) is 0 Å². The van der Waals surface area contributed by atoms with Gasteiger partial charge in [-0.25, -0.2) is 19.2 Å². The van der Waals surface area contributed by atoms with Gasteiger partial charge in [-0.2, -0.15) is 0 Å². The zero-order valence-electron chi connectivity index (χ0n) is 40.5. The second-order valence-corrected chi connectivity index (χ2v) is 20.1. The number of nitrogens with zero attached hydrogens (tertiary/aromatic N) is 1. The molecule has 2 bridgehead atoms. The van der Waals surface area contributed by atoms with Gasteiger partial charge in [0.2, 0.25) is 6.10 Å². The monoisotopic (exact) mass is 947 g/mol. The molecule has 5 aliphatic rings. The summed E-state index contributed by atoms with van der Waals surface area (Å²) in [6.07, 6.45) is -10.3. The standard InChI is InChI=1S/C50H65N3O15/c1-28-32(64-43(57)38(65-45(59)53-23-21-51-22-24-53)36(30-17-13-11-14-18-30)52-44(58)68-46(3,4)5)26-50(60)41(66-42(56)31-19-15-12-16-20-31)39-48(8,40(55)37(62-10)35(28)47(50,6)7)33(61-9)25-34-49(39,27-63-34)67-29(2)54/h11-20,32-34,36-39,41,51,60H,21-27H2,1-10H3,(H,52,58)/t32-,33-,34+,36-,37+,38+,39-,41-,48+,49-,50+/m0/s1. The highest BCUT2D eigenvalue weighted by atomic mass is 16.6. The lowest BCUT2D eigenvalue weighted by Gasteiger charge is -2.67. The molecule has 370 valence electrons. The minimum atomic E-state index is -2.27. The number of hydrogen-bond donors (Lipinski definition) is 3. The molecule has 2 saturated heterocycles. The van der Waals surface area contributed by atoms with Gasteiger partial charge in [0.25, 0.3) is 0 Å². The van der Waals surface area contributed by atoms with E-state index in [2.05, 4.69) is 10.6 Å². The first-order valence-corrected chi connectivity index (χ1v) is 23.1. The van der Waals surface area contributed by atoms with Crippen molar-refractivity contribution in [3.05, 3.63) is 82.9 Å². The number of esters is 3. The summed E-state index contributed by atoms with van der Waals surface area (Å²) >= 11 is 0. The van der Waals surface area contributed by atoms with Crippen molar-refractivity contribution in [1.29, 1.82) is 0 Å². The zero-order valence-corrected chi connectivity index (χ0v) is 40.5. The van der Waals surface area contributed by atoms with Gasteiger partial charge in [-0.1, -0.05) is 62.4 Å². The Morgan fingerprint density at radius 3 is 2.12 bits per heavy atom. The molecule has 18 nitrogen and oxygen atoms in total. The van der Waals surface area contributed by atoms with Crippen LogP contribution in [0.4, 0.5) is 9.59 Å². The number of alkyl carbamates (subject to hydrolysis) is 1. The van der Waals surface area contributed by atoms with Crippen LogP contribution in [0, 0.1) is 16.7 Å². The Morgan fingerprint density at radius 2 is 1.56 bits per heavy atom. The molecule has 0 spiro atoms. The minimum absolute atomic E-state index is 0.104. The highest BCUT2D eigenvalue weighted by molar-refractivity contribution is 5.94. The topological polar surface area (TPSA) is 224 Å². The molecular weight excluding hydrogens is 883 g/mol. The predicted octanol–water partition coefficient (Wildman–Crippen LogP) is 4.62. The largest absolute Gasteiger partial charge is 0.455 e. The average molecular weight is 948 g/mol. The van der Waals surface area contributed by atoms with Crippen molar-refractivity contribution in [1.82, 2.24) is 15.5 Å². The maximum atomic E-state index is 15.8. The molecule has 18 heteroatoms. The van der Waals surface area contributed by atoms with E-state index < -0.39 is 119 Å². The molecular formula is C50H65N3O15. The lowest BCUT2D eigenvalue weighted by molar-refractivity contribution is -0.347. The number of carbonyl (C=O) groups excluding carboxylic acids is 6. The fourth-order valence-electron chi connectivity index (χ4n) is 11.2. The third kappa shape index (κ3) is 9.01. The molecule has 2 saturated carbocycles. The van der Waals surface area contributed by atoms with Crippen LogP contribution in [0.5, 0.6) is 0 Å². The van der Waals surface area contributed by atoms with E-state index in [-0.39, 0.29) is 37.3 Å². The maximum Gasteiger partial charge on any atom is 0.410 e. The molecule has 0 radical (unpaired) electrons. The number of hydrogen-bond acceptors (Lipinski definition) is 16. The number of fused-ring (bicyclic) bond motifs is 5. The quantitative estimate of drug-likeness (QED) is 0.159. The smallest absolute Gasteiger partial charge is 0.410 e. The predicted molar refractivity (Wildman–Crippen MR) is 242 cm³/mol. The van der Waals surface area contributed by atoms with Crippen molar-refractivity contribution in [2.45, 2.75) is 128 Å². The van der Waals surface area contributed by atoms with E-state index in [0.717, 1.165) is 0 Å². The molecule has 4 fully saturated rings. The molecule has 7 rings (SSSR count).